The molecule has 3 atom stereocenters. The van der Waals surface area contributed by atoms with E-state index in [1.807, 2.05) is 0 Å². The molecule has 3 fully saturated rings. The first-order chi connectivity index (χ1) is 7.84. The fraction of sp³-hybridized carbons (Fsp3) is 0.917. The maximum Gasteiger partial charge on any atom is 0.226 e. The summed E-state index contributed by atoms with van der Waals surface area (Å²) in [6.07, 6.45) is 2.20. The molecular weight excluding hydrogens is 204 g/mol. The molecule has 3 aliphatic rings. The highest BCUT2D eigenvalue weighted by Crippen LogP contribution is 2.30. The van der Waals surface area contributed by atoms with Gasteiger partial charge in [0.15, 0.2) is 0 Å². The Labute approximate surface area is 96.3 Å². The van der Waals surface area contributed by atoms with E-state index in [1.165, 1.54) is 0 Å². The van der Waals surface area contributed by atoms with Crippen molar-refractivity contribution in [2.24, 2.45) is 17.8 Å². The molecule has 0 bridgehead atoms. The molecule has 0 saturated carbocycles. The molecule has 0 aromatic rings. The van der Waals surface area contributed by atoms with Crippen LogP contribution in [0.1, 0.15) is 12.8 Å². The van der Waals surface area contributed by atoms with Crippen LogP contribution in [0.2, 0.25) is 0 Å². The van der Waals surface area contributed by atoms with E-state index >= 15 is 0 Å². The first-order valence-electron chi connectivity index (χ1n) is 6.42. The van der Waals surface area contributed by atoms with Gasteiger partial charge in [0.25, 0.3) is 0 Å². The molecule has 16 heavy (non-hydrogen) atoms. The van der Waals surface area contributed by atoms with Crippen LogP contribution in [0.4, 0.5) is 0 Å². The van der Waals surface area contributed by atoms with E-state index in [4.69, 9.17) is 4.74 Å². The summed E-state index contributed by atoms with van der Waals surface area (Å²) in [5.74, 6) is 1.83. The molecule has 4 heteroatoms. The Hall–Kier alpha value is -0.610. The molecule has 3 saturated heterocycles. The first kappa shape index (κ1) is 10.5. The van der Waals surface area contributed by atoms with Gasteiger partial charge in [0.2, 0.25) is 5.91 Å². The molecule has 0 aromatic carbocycles. The minimum absolute atomic E-state index is 0.230. The summed E-state index contributed by atoms with van der Waals surface area (Å²) >= 11 is 0. The lowest BCUT2D eigenvalue weighted by molar-refractivity contribution is -0.135. The zero-order valence-electron chi connectivity index (χ0n) is 9.65. The maximum absolute atomic E-state index is 12.3. The molecule has 1 amide bonds. The number of piperidine rings is 1. The predicted octanol–water partition coefficient (Wildman–Crippen LogP) is 0.0908. The van der Waals surface area contributed by atoms with Gasteiger partial charge in [0.05, 0.1) is 19.1 Å². The average Bonchev–Trinajstić information content (AvgIpc) is 2.89. The summed E-state index contributed by atoms with van der Waals surface area (Å²) in [5.41, 5.74) is 0. The molecular formula is C12H20N2O2. The quantitative estimate of drug-likeness (QED) is 0.686. The highest BCUT2D eigenvalue weighted by molar-refractivity contribution is 5.79. The van der Waals surface area contributed by atoms with E-state index in [9.17, 15) is 4.79 Å². The molecule has 3 rings (SSSR count). The standard InChI is InChI=1S/C12H20N2O2/c15-12(9-2-1-3-13-4-9)14-5-10-7-16-8-11(10)6-14/h9-11,13H,1-8H2/t9-,10-,11+/m0/s1. The zero-order chi connectivity index (χ0) is 11.0. The van der Waals surface area contributed by atoms with Gasteiger partial charge in [0.1, 0.15) is 0 Å². The summed E-state index contributed by atoms with van der Waals surface area (Å²) in [7, 11) is 0. The average molecular weight is 224 g/mol. The van der Waals surface area contributed by atoms with Gasteiger partial charge < -0.3 is 15.0 Å². The fourth-order valence-corrected chi connectivity index (χ4v) is 3.19. The Morgan fingerprint density at radius 3 is 2.62 bits per heavy atom. The third-order valence-corrected chi connectivity index (χ3v) is 4.20. The summed E-state index contributed by atoms with van der Waals surface area (Å²) in [4.78, 5) is 14.4. The van der Waals surface area contributed by atoms with Gasteiger partial charge in [-0.05, 0) is 19.4 Å². The van der Waals surface area contributed by atoms with Gasteiger partial charge in [-0.25, -0.2) is 0 Å². The van der Waals surface area contributed by atoms with E-state index in [0.717, 1.165) is 52.2 Å². The third kappa shape index (κ3) is 1.84. The number of hydrogen-bond acceptors (Lipinski definition) is 3. The van der Waals surface area contributed by atoms with Crippen LogP contribution in [0.25, 0.3) is 0 Å². The Bertz CT molecular complexity index is 264. The van der Waals surface area contributed by atoms with Crippen LogP contribution in [-0.4, -0.2) is 50.2 Å². The van der Waals surface area contributed by atoms with Gasteiger partial charge in [-0.3, -0.25) is 4.79 Å². The first-order valence-corrected chi connectivity index (χ1v) is 6.42. The topological polar surface area (TPSA) is 41.6 Å². The van der Waals surface area contributed by atoms with Crippen molar-refractivity contribution >= 4 is 5.91 Å². The molecule has 3 aliphatic heterocycles. The van der Waals surface area contributed by atoms with Crippen LogP contribution in [0.3, 0.4) is 0 Å². The van der Waals surface area contributed by atoms with Crippen molar-refractivity contribution in [1.82, 2.24) is 10.2 Å². The Kier molecular flexibility index (Phi) is 2.86. The van der Waals surface area contributed by atoms with Crippen LogP contribution >= 0.6 is 0 Å². The second-order valence-corrected chi connectivity index (χ2v) is 5.34. The van der Waals surface area contributed by atoms with Crippen LogP contribution in [0, 0.1) is 17.8 Å². The largest absolute Gasteiger partial charge is 0.381 e. The fourth-order valence-electron chi connectivity index (χ4n) is 3.19. The summed E-state index contributed by atoms with van der Waals surface area (Å²) in [6, 6.07) is 0. The third-order valence-electron chi connectivity index (χ3n) is 4.20. The summed E-state index contributed by atoms with van der Waals surface area (Å²) in [5, 5.41) is 3.32. The normalized spacial score (nSPS) is 38.8. The van der Waals surface area contributed by atoms with Crippen molar-refractivity contribution in [2.75, 3.05) is 39.4 Å². The number of rotatable bonds is 1. The highest BCUT2D eigenvalue weighted by Gasteiger charge is 2.40. The number of hydrogen-bond donors (Lipinski definition) is 1. The lowest BCUT2D eigenvalue weighted by Gasteiger charge is -2.27. The molecule has 90 valence electrons. The molecule has 0 unspecified atom stereocenters. The number of amides is 1. The van der Waals surface area contributed by atoms with E-state index in [-0.39, 0.29) is 5.92 Å². The molecule has 0 radical (unpaired) electrons. The molecule has 0 spiro atoms. The minimum atomic E-state index is 0.230. The lowest BCUT2D eigenvalue weighted by Crippen LogP contribution is -2.42. The van der Waals surface area contributed by atoms with Crippen LogP contribution in [-0.2, 0) is 9.53 Å². The molecule has 0 aliphatic carbocycles. The van der Waals surface area contributed by atoms with Crippen molar-refractivity contribution in [1.29, 1.82) is 0 Å². The van der Waals surface area contributed by atoms with Gasteiger partial charge in [-0.15, -0.1) is 0 Å². The number of nitrogens with one attached hydrogen (secondary N) is 1. The lowest BCUT2D eigenvalue weighted by atomic mass is 9.98. The minimum Gasteiger partial charge on any atom is -0.381 e. The second-order valence-electron chi connectivity index (χ2n) is 5.34. The number of fused-ring (bicyclic) bond motifs is 1. The summed E-state index contributed by atoms with van der Waals surface area (Å²) < 4.78 is 5.43. The number of ether oxygens (including phenoxy) is 1. The molecule has 1 N–H and O–H groups in total. The van der Waals surface area contributed by atoms with Crippen molar-refractivity contribution in [3.63, 3.8) is 0 Å². The molecule has 0 aromatic heterocycles. The van der Waals surface area contributed by atoms with Crippen LogP contribution in [0.5, 0.6) is 0 Å². The Morgan fingerprint density at radius 2 is 2.00 bits per heavy atom. The van der Waals surface area contributed by atoms with Crippen LogP contribution in [0.15, 0.2) is 0 Å². The van der Waals surface area contributed by atoms with Gasteiger partial charge in [-0.1, -0.05) is 0 Å². The van der Waals surface area contributed by atoms with Crippen molar-refractivity contribution in [2.45, 2.75) is 12.8 Å². The Morgan fingerprint density at radius 1 is 1.25 bits per heavy atom. The molecule has 4 nitrogen and oxygen atoms in total. The van der Waals surface area contributed by atoms with E-state index in [2.05, 4.69) is 10.2 Å². The van der Waals surface area contributed by atoms with Crippen LogP contribution < -0.4 is 5.32 Å². The highest BCUT2D eigenvalue weighted by atomic mass is 16.5. The number of carbonyl (C=O) groups excluding carboxylic acids is 1. The maximum atomic E-state index is 12.3. The van der Waals surface area contributed by atoms with E-state index in [1.54, 1.807) is 0 Å². The summed E-state index contributed by atoms with van der Waals surface area (Å²) in [6.45, 7) is 5.53. The predicted molar refractivity (Wildman–Crippen MR) is 60.0 cm³/mol. The number of carbonyl (C=O) groups is 1. The van der Waals surface area contributed by atoms with E-state index in [0.29, 0.717) is 17.7 Å². The van der Waals surface area contributed by atoms with Gasteiger partial charge in [-0.2, -0.15) is 0 Å². The monoisotopic (exact) mass is 224 g/mol. The number of nitrogens with zero attached hydrogens (tertiary/aromatic N) is 1. The smallest absolute Gasteiger partial charge is 0.226 e. The second kappa shape index (κ2) is 4.34. The van der Waals surface area contributed by atoms with Crippen molar-refractivity contribution < 1.29 is 9.53 Å². The number of likely N-dealkylation sites (tertiary alicyclic amines) is 1. The van der Waals surface area contributed by atoms with E-state index < -0.39 is 0 Å². The Balaban J connectivity index is 1.59. The van der Waals surface area contributed by atoms with Gasteiger partial charge >= 0.3 is 0 Å². The molecule has 3 heterocycles. The van der Waals surface area contributed by atoms with Crippen molar-refractivity contribution in [3.05, 3.63) is 0 Å². The zero-order valence-corrected chi connectivity index (χ0v) is 9.65. The van der Waals surface area contributed by atoms with Crippen molar-refractivity contribution in [3.8, 4) is 0 Å². The van der Waals surface area contributed by atoms with Gasteiger partial charge in [0, 0.05) is 31.5 Å². The SMILES string of the molecule is O=C([C@H]1CCCNC1)N1C[C@H]2COC[C@H]2C1.